The third kappa shape index (κ3) is 3.76. The second kappa shape index (κ2) is 6.08. The minimum absolute atomic E-state index is 0.153. The Labute approximate surface area is 108 Å². The van der Waals surface area contributed by atoms with Gasteiger partial charge in [0.1, 0.15) is 0 Å². The van der Waals surface area contributed by atoms with Gasteiger partial charge in [0, 0.05) is 26.1 Å². The van der Waals surface area contributed by atoms with Gasteiger partial charge in [0.2, 0.25) is 11.0 Å². The first-order chi connectivity index (χ1) is 8.25. The summed E-state index contributed by atoms with van der Waals surface area (Å²) < 4.78 is 5.82. The summed E-state index contributed by atoms with van der Waals surface area (Å²) in [6.45, 7) is 3.24. The van der Waals surface area contributed by atoms with Crippen LogP contribution in [-0.2, 0) is 9.53 Å². The highest BCUT2D eigenvalue weighted by Crippen LogP contribution is 2.10. The second-order valence-electron chi connectivity index (χ2n) is 3.59. The van der Waals surface area contributed by atoms with E-state index >= 15 is 0 Å². The quantitative estimate of drug-likeness (QED) is 0.797. The van der Waals surface area contributed by atoms with E-state index in [0.29, 0.717) is 43.2 Å². The number of hydrogen-bond acceptors (Lipinski definition) is 6. The molecule has 1 aliphatic heterocycles. The molecule has 17 heavy (non-hydrogen) atoms. The van der Waals surface area contributed by atoms with Crippen molar-refractivity contribution in [1.29, 1.82) is 0 Å². The lowest BCUT2D eigenvalue weighted by Gasteiger charge is -2.26. The summed E-state index contributed by atoms with van der Waals surface area (Å²) >= 11 is 6.28. The maximum atomic E-state index is 11.8. The first-order valence-corrected chi connectivity index (χ1v) is 6.63. The van der Waals surface area contributed by atoms with Crippen molar-refractivity contribution in [2.45, 2.75) is 6.42 Å². The van der Waals surface area contributed by atoms with Crippen LogP contribution in [0, 0.1) is 3.95 Å². The predicted molar refractivity (Wildman–Crippen MR) is 67.8 cm³/mol. The standard InChI is InChI=1S/C9H14N4O2S2/c14-7(13-3-5-15-6-4-13)1-2-10-8-11-12-9(16)17-8/h1-6H2,(H,10,11)(H,12,16). The van der Waals surface area contributed by atoms with E-state index in [9.17, 15) is 4.79 Å². The number of amides is 1. The number of nitrogens with one attached hydrogen (secondary N) is 2. The van der Waals surface area contributed by atoms with E-state index in [0.717, 1.165) is 5.13 Å². The molecule has 0 saturated carbocycles. The van der Waals surface area contributed by atoms with E-state index < -0.39 is 0 Å². The van der Waals surface area contributed by atoms with Gasteiger partial charge in [-0.15, -0.1) is 5.10 Å². The fourth-order valence-electron chi connectivity index (χ4n) is 1.55. The van der Waals surface area contributed by atoms with Gasteiger partial charge >= 0.3 is 0 Å². The number of carbonyl (C=O) groups excluding carboxylic acids is 1. The molecule has 0 bridgehead atoms. The summed E-state index contributed by atoms with van der Waals surface area (Å²) in [5, 5.41) is 10.4. The monoisotopic (exact) mass is 274 g/mol. The molecule has 94 valence electrons. The van der Waals surface area contributed by atoms with Crippen LogP contribution in [0.3, 0.4) is 0 Å². The third-order valence-corrected chi connectivity index (χ3v) is 3.46. The molecule has 0 radical (unpaired) electrons. The molecule has 1 saturated heterocycles. The normalized spacial score (nSPS) is 15.9. The molecule has 0 aromatic carbocycles. The molecular formula is C9H14N4O2S2. The lowest BCUT2D eigenvalue weighted by atomic mass is 10.3. The molecule has 2 N–H and O–H groups in total. The van der Waals surface area contributed by atoms with Crippen molar-refractivity contribution in [2.75, 3.05) is 38.2 Å². The molecule has 0 unspecified atom stereocenters. The van der Waals surface area contributed by atoms with E-state index in [1.807, 2.05) is 4.90 Å². The van der Waals surface area contributed by atoms with Crippen LogP contribution in [0.4, 0.5) is 5.13 Å². The zero-order valence-electron chi connectivity index (χ0n) is 9.27. The molecule has 2 heterocycles. The van der Waals surface area contributed by atoms with E-state index in [1.165, 1.54) is 11.3 Å². The fourth-order valence-corrected chi connectivity index (χ4v) is 2.37. The Morgan fingerprint density at radius 1 is 1.59 bits per heavy atom. The summed E-state index contributed by atoms with van der Waals surface area (Å²) in [5.74, 6) is 0.153. The average molecular weight is 274 g/mol. The van der Waals surface area contributed by atoms with Crippen LogP contribution in [0.1, 0.15) is 6.42 Å². The molecule has 1 fully saturated rings. The fraction of sp³-hybridized carbons (Fsp3) is 0.667. The van der Waals surface area contributed by atoms with Crippen LogP contribution >= 0.6 is 23.6 Å². The van der Waals surface area contributed by atoms with Gasteiger partial charge in [-0.3, -0.25) is 9.89 Å². The molecule has 8 heteroatoms. The van der Waals surface area contributed by atoms with Crippen molar-refractivity contribution >= 4 is 34.6 Å². The highest BCUT2D eigenvalue weighted by molar-refractivity contribution is 7.73. The van der Waals surface area contributed by atoms with Crippen molar-refractivity contribution in [3.8, 4) is 0 Å². The van der Waals surface area contributed by atoms with Gasteiger partial charge in [-0.05, 0) is 12.2 Å². The largest absolute Gasteiger partial charge is 0.378 e. The smallest absolute Gasteiger partial charge is 0.224 e. The van der Waals surface area contributed by atoms with E-state index in [1.54, 1.807) is 0 Å². The maximum absolute atomic E-state index is 11.8. The summed E-state index contributed by atoms with van der Waals surface area (Å²) in [6.07, 6.45) is 0.465. The van der Waals surface area contributed by atoms with Gasteiger partial charge in [-0.2, -0.15) is 0 Å². The van der Waals surface area contributed by atoms with Crippen molar-refractivity contribution in [3.05, 3.63) is 3.95 Å². The van der Waals surface area contributed by atoms with Gasteiger partial charge < -0.3 is 15.0 Å². The Bertz CT molecular complexity index is 425. The van der Waals surface area contributed by atoms with Gasteiger partial charge in [0.05, 0.1) is 13.2 Å². The molecule has 0 atom stereocenters. The Kier molecular flexibility index (Phi) is 4.46. The Morgan fingerprint density at radius 3 is 3.00 bits per heavy atom. The molecule has 2 rings (SSSR count). The molecule has 1 aromatic rings. The van der Waals surface area contributed by atoms with Crippen molar-refractivity contribution in [2.24, 2.45) is 0 Å². The molecule has 0 spiro atoms. The number of aromatic nitrogens is 2. The number of hydrogen-bond donors (Lipinski definition) is 2. The minimum Gasteiger partial charge on any atom is -0.378 e. The topological polar surface area (TPSA) is 70.2 Å². The molecule has 6 nitrogen and oxygen atoms in total. The summed E-state index contributed by atoms with van der Waals surface area (Å²) in [5.41, 5.74) is 0. The highest BCUT2D eigenvalue weighted by Gasteiger charge is 2.15. The number of nitrogens with zero attached hydrogens (tertiary/aromatic N) is 2. The summed E-state index contributed by atoms with van der Waals surface area (Å²) in [4.78, 5) is 13.6. The SMILES string of the molecule is O=C(CCNc1n[nH]c(=S)s1)N1CCOCC1. The van der Waals surface area contributed by atoms with Crippen LogP contribution in [0.5, 0.6) is 0 Å². The second-order valence-corrected chi connectivity index (χ2v) is 5.25. The molecule has 1 amide bonds. The maximum Gasteiger partial charge on any atom is 0.224 e. The van der Waals surface area contributed by atoms with Gasteiger partial charge in [-0.1, -0.05) is 11.3 Å². The van der Waals surface area contributed by atoms with E-state index in [4.69, 9.17) is 17.0 Å². The lowest BCUT2D eigenvalue weighted by Crippen LogP contribution is -2.41. The summed E-state index contributed by atoms with van der Waals surface area (Å²) in [7, 11) is 0. The molecular weight excluding hydrogens is 260 g/mol. The van der Waals surface area contributed by atoms with Crippen LogP contribution in [0.15, 0.2) is 0 Å². The Hall–Kier alpha value is -0.990. The highest BCUT2D eigenvalue weighted by atomic mass is 32.1. The van der Waals surface area contributed by atoms with Crippen LogP contribution < -0.4 is 5.32 Å². The average Bonchev–Trinajstić information content (AvgIpc) is 2.76. The number of aromatic amines is 1. The Morgan fingerprint density at radius 2 is 2.35 bits per heavy atom. The summed E-state index contributed by atoms with van der Waals surface area (Å²) in [6, 6.07) is 0. The first-order valence-electron chi connectivity index (χ1n) is 5.40. The molecule has 1 aromatic heterocycles. The minimum atomic E-state index is 0.153. The molecule has 1 aliphatic rings. The number of anilines is 1. The van der Waals surface area contributed by atoms with Gasteiger partial charge in [0.25, 0.3) is 0 Å². The number of rotatable bonds is 4. The number of carbonyl (C=O) groups is 1. The lowest BCUT2D eigenvalue weighted by molar-refractivity contribution is -0.134. The zero-order chi connectivity index (χ0) is 12.1. The molecule has 0 aliphatic carbocycles. The van der Waals surface area contributed by atoms with Crippen molar-refractivity contribution < 1.29 is 9.53 Å². The van der Waals surface area contributed by atoms with Crippen LogP contribution in [0.25, 0.3) is 0 Å². The van der Waals surface area contributed by atoms with E-state index in [-0.39, 0.29) is 5.91 Å². The van der Waals surface area contributed by atoms with Crippen molar-refractivity contribution in [3.63, 3.8) is 0 Å². The zero-order valence-corrected chi connectivity index (χ0v) is 10.9. The van der Waals surface area contributed by atoms with Crippen molar-refractivity contribution in [1.82, 2.24) is 15.1 Å². The van der Waals surface area contributed by atoms with Crippen LogP contribution in [0.2, 0.25) is 0 Å². The van der Waals surface area contributed by atoms with Gasteiger partial charge in [-0.25, -0.2) is 0 Å². The Balaban J connectivity index is 1.70. The van der Waals surface area contributed by atoms with E-state index in [2.05, 4.69) is 15.5 Å². The third-order valence-electron chi connectivity index (χ3n) is 2.42. The first kappa shape index (κ1) is 12.5. The number of ether oxygens (including phenoxy) is 1. The predicted octanol–water partition coefficient (Wildman–Crippen LogP) is 0.861. The van der Waals surface area contributed by atoms with Gasteiger partial charge in [0.15, 0.2) is 3.95 Å². The van der Waals surface area contributed by atoms with Crippen LogP contribution in [-0.4, -0.2) is 53.9 Å². The number of H-pyrrole nitrogens is 1. The number of morpholine rings is 1.